The van der Waals surface area contributed by atoms with Crippen molar-refractivity contribution in [2.45, 2.75) is 45.8 Å². The number of aryl methyl sites for hydroxylation is 1. The Labute approximate surface area is 126 Å². The van der Waals surface area contributed by atoms with Crippen LogP contribution in [0.4, 0.5) is 0 Å². The lowest BCUT2D eigenvalue weighted by Gasteiger charge is -2.23. The van der Waals surface area contributed by atoms with E-state index < -0.39 is 11.7 Å². The van der Waals surface area contributed by atoms with Gasteiger partial charge in [0.15, 0.2) is 0 Å². The van der Waals surface area contributed by atoms with E-state index in [1.807, 2.05) is 0 Å². The first-order valence-corrected chi connectivity index (χ1v) is 7.33. The lowest BCUT2D eigenvalue weighted by molar-refractivity contribution is -0.133. The smallest absolute Gasteiger partial charge is 0.248 e. The molecule has 0 saturated heterocycles. The van der Waals surface area contributed by atoms with Gasteiger partial charge in [-0.1, -0.05) is 13.8 Å². The van der Waals surface area contributed by atoms with Gasteiger partial charge in [-0.15, -0.1) is 0 Å². The molecule has 1 rings (SSSR count). The van der Waals surface area contributed by atoms with Crippen LogP contribution in [0.15, 0.2) is 12.4 Å². The molecule has 0 aliphatic heterocycles. The van der Waals surface area contributed by atoms with Gasteiger partial charge >= 0.3 is 0 Å². The molecule has 0 radical (unpaired) electrons. The fourth-order valence-corrected chi connectivity index (χ4v) is 1.76. The second-order valence-corrected chi connectivity index (χ2v) is 6.09. The summed E-state index contributed by atoms with van der Waals surface area (Å²) in [5, 5.41) is 17.1. The van der Waals surface area contributed by atoms with Gasteiger partial charge in [0, 0.05) is 25.4 Å². The molecule has 2 atom stereocenters. The number of nitrogens with zero attached hydrogens (tertiary/aromatic N) is 2. The topological polar surface area (TPSA) is 76.4 Å². The van der Waals surface area contributed by atoms with Crippen LogP contribution in [0.1, 0.15) is 39.7 Å². The summed E-state index contributed by atoms with van der Waals surface area (Å²) in [6, 6.07) is 0. The second-order valence-electron chi connectivity index (χ2n) is 6.09. The molecule has 0 aromatic carbocycles. The lowest BCUT2D eigenvalue weighted by Crippen LogP contribution is -2.42. The van der Waals surface area contributed by atoms with E-state index in [1.54, 1.807) is 38.0 Å². The number of carbonyl (C=O) groups is 1. The third kappa shape index (κ3) is 5.85. The fourth-order valence-electron chi connectivity index (χ4n) is 1.76. The molecule has 0 aliphatic carbocycles. The minimum atomic E-state index is -1.15. The van der Waals surface area contributed by atoms with E-state index in [9.17, 15) is 9.90 Å². The highest BCUT2D eigenvalue weighted by Gasteiger charge is 2.26. The van der Waals surface area contributed by atoms with Gasteiger partial charge < -0.3 is 15.2 Å². The Hall–Kier alpha value is -1.40. The largest absolute Gasteiger partial charge is 0.383 e. The summed E-state index contributed by atoms with van der Waals surface area (Å²) in [6.07, 6.45) is 3.72. The van der Waals surface area contributed by atoms with Crippen LogP contribution in [0.3, 0.4) is 0 Å². The van der Waals surface area contributed by atoms with Gasteiger partial charge in [-0.25, -0.2) is 0 Å². The van der Waals surface area contributed by atoms with Crippen molar-refractivity contribution in [2.24, 2.45) is 13.0 Å². The molecule has 1 heterocycles. The molecule has 0 bridgehead atoms. The van der Waals surface area contributed by atoms with Gasteiger partial charge in [-0.2, -0.15) is 5.10 Å². The van der Waals surface area contributed by atoms with Crippen LogP contribution in [0.25, 0.3) is 0 Å². The number of aromatic nitrogens is 2. The van der Waals surface area contributed by atoms with Crippen LogP contribution in [-0.2, 0) is 22.2 Å². The number of hydrogen-bond acceptors (Lipinski definition) is 4. The maximum atomic E-state index is 11.9. The zero-order valence-electron chi connectivity index (χ0n) is 13.6. The molecular formula is C15H27N3O3. The summed E-state index contributed by atoms with van der Waals surface area (Å²) in [6.45, 7) is 8.27. The van der Waals surface area contributed by atoms with Crippen LogP contribution in [-0.4, -0.2) is 40.0 Å². The number of ether oxygens (including phenoxy) is 1. The Morgan fingerprint density at radius 1 is 1.52 bits per heavy atom. The standard InChI is InChI=1S/C15H27N3O3/c1-11(2)6-7-21-12(3)14(19)16-10-15(4,20)13-8-17-18(5)9-13/h8-9,11-12,20H,6-7,10H2,1-5H3,(H,16,19). The zero-order chi connectivity index (χ0) is 16.0. The fraction of sp³-hybridized carbons (Fsp3) is 0.733. The third-order valence-electron chi connectivity index (χ3n) is 3.37. The summed E-state index contributed by atoms with van der Waals surface area (Å²) in [5.74, 6) is 0.328. The van der Waals surface area contributed by atoms with Gasteiger partial charge in [-0.3, -0.25) is 9.48 Å². The van der Waals surface area contributed by atoms with Gasteiger partial charge in [0.25, 0.3) is 0 Å². The minimum Gasteiger partial charge on any atom is -0.383 e. The molecule has 6 nitrogen and oxygen atoms in total. The van der Waals surface area contributed by atoms with E-state index in [-0.39, 0.29) is 12.5 Å². The summed E-state index contributed by atoms with van der Waals surface area (Å²) >= 11 is 0. The summed E-state index contributed by atoms with van der Waals surface area (Å²) in [5.41, 5.74) is -0.486. The van der Waals surface area contributed by atoms with Crippen LogP contribution in [0, 0.1) is 5.92 Å². The van der Waals surface area contributed by atoms with Crippen molar-refractivity contribution in [1.29, 1.82) is 0 Å². The Kier molecular flexibility index (Phi) is 6.36. The average Bonchev–Trinajstić information content (AvgIpc) is 2.83. The molecule has 2 N–H and O–H groups in total. The van der Waals surface area contributed by atoms with E-state index in [2.05, 4.69) is 24.3 Å². The lowest BCUT2D eigenvalue weighted by atomic mass is 10.00. The molecule has 6 heteroatoms. The van der Waals surface area contributed by atoms with E-state index >= 15 is 0 Å². The first kappa shape index (κ1) is 17.7. The highest BCUT2D eigenvalue weighted by atomic mass is 16.5. The van der Waals surface area contributed by atoms with Crippen molar-refractivity contribution in [3.63, 3.8) is 0 Å². The number of carbonyl (C=O) groups excluding carboxylic acids is 1. The maximum absolute atomic E-state index is 11.9. The SMILES string of the molecule is CC(C)CCOC(C)C(=O)NCC(C)(O)c1cnn(C)c1. The Morgan fingerprint density at radius 3 is 2.71 bits per heavy atom. The first-order valence-electron chi connectivity index (χ1n) is 7.33. The molecule has 0 aliphatic rings. The second kappa shape index (κ2) is 7.56. The molecule has 1 aromatic rings. The molecule has 1 aromatic heterocycles. The van der Waals surface area contributed by atoms with Gasteiger partial charge in [0.2, 0.25) is 5.91 Å². The molecule has 21 heavy (non-hydrogen) atoms. The van der Waals surface area contributed by atoms with Gasteiger partial charge in [-0.05, 0) is 26.2 Å². The summed E-state index contributed by atoms with van der Waals surface area (Å²) < 4.78 is 7.09. The Balaban J connectivity index is 2.41. The molecule has 0 fully saturated rings. The summed E-state index contributed by atoms with van der Waals surface area (Å²) in [7, 11) is 1.78. The molecule has 2 unspecified atom stereocenters. The predicted octanol–water partition coefficient (Wildman–Crippen LogP) is 1.19. The predicted molar refractivity (Wildman–Crippen MR) is 80.7 cm³/mol. The van der Waals surface area contributed by atoms with Crippen LogP contribution in [0.5, 0.6) is 0 Å². The van der Waals surface area contributed by atoms with Crippen molar-refractivity contribution in [3.05, 3.63) is 18.0 Å². The van der Waals surface area contributed by atoms with E-state index in [1.165, 1.54) is 0 Å². The van der Waals surface area contributed by atoms with E-state index in [0.717, 1.165) is 6.42 Å². The molecule has 120 valence electrons. The van der Waals surface area contributed by atoms with E-state index in [4.69, 9.17) is 4.74 Å². The first-order chi connectivity index (χ1) is 9.72. The van der Waals surface area contributed by atoms with Gasteiger partial charge in [0.1, 0.15) is 11.7 Å². The number of hydrogen-bond donors (Lipinski definition) is 2. The minimum absolute atomic E-state index is 0.120. The van der Waals surface area contributed by atoms with Crippen molar-refractivity contribution in [2.75, 3.05) is 13.2 Å². The average molecular weight is 297 g/mol. The van der Waals surface area contributed by atoms with Crippen LogP contribution < -0.4 is 5.32 Å². The Bertz CT molecular complexity index is 455. The monoisotopic (exact) mass is 297 g/mol. The van der Waals surface area contributed by atoms with E-state index in [0.29, 0.717) is 18.1 Å². The molecule has 0 spiro atoms. The highest BCUT2D eigenvalue weighted by Crippen LogP contribution is 2.18. The van der Waals surface area contributed by atoms with Crippen molar-refractivity contribution < 1.29 is 14.6 Å². The molecular weight excluding hydrogens is 270 g/mol. The van der Waals surface area contributed by atoms with Gasteiger partial charge in [0.05, 0.1) is 12.7 Å². The van der Waals surface area contributed by atoms with Crippen molar-refractivity contribution >= 4 is 5.91 Å². The number of aliphatic hydroxyl groups is 1. The maximum Gasteiger partial charge on any atom is 0.248 e. The highest BCUT2D eigenvalue weighted by molar-refractivity contribution is 5.80. The number of rotatable bonds is 8. The number of nitrogens with one attached hydrogen (secondary N) is 1. The van der Waals surface area contributed by atoms with Crippen molar-refractivity contribution in [3.8, 4) is 0 Å². The third-order valence-corrected chi connectivity index (χ3v) is 3.37. The number of amides is 1. The summed E-state index contributed by atoms with van der Waals surface area (Å²) in [4.78, 5) is 11.9. The van der Waals surface area contributed by atoms with Crippen LogP contribution in [0.2, 0.25) is 0 Å². The quantitative estimate of drug-likeness (QED) is 0.756. The van der Waals surface area contributed by atoms with Crippen molar-refractivity contribution in [1.82, 2.24) is 15.1 Å². The normalized spacial score (nSPS) is 15.8. The Morgan fingerprint density at radius 2 is 2.19 bits per heavy atom. The van der Waals surface area contributed by atoms with Crippen LogP contribution >= 0.6 is 0 Å². The molecule has 1 amide bonds. The molecule has 0 saturated carbocycles. The zero-order valence-corrected chi connectivity index (χ0v) is 13.6.